The molecule has 5 nitrogen and oxygen atoms in total. The predicted molar refractivity (Wildman–Crippen MR) is 71.0 cm³/mol. The van der Waals surface area contributed by atoms with Crippen LogP contribution in [-0.4, -0.2) is 44.6 Å². The van der Waals surface area contributed by atoms with Crippen LogP contribution in [0.4, 0.5) is 0 Å². The van der Waals surface area contributed by atoms with Gasteiger partial charge in [-0.25, -0.2) is 0 Å². The monoisotopic (exact) mass is 265 g/mol. The van der Waals surface area contributed by atoms with Crippen molar-refractivity contribution >= 4 is 11.9 Å². The van der Waals surface area contributed by atoms with Gasteiger partial charge in [0.05, 0.1) is 14.2 Å². The van der Waals surface area contributed by atoms with Gasteiger partial charge in [0.15, 0.2) is 0 Å². The first-order valence-corrected chi connectivity index (χ1v) is 6.01. The van der Waals surface area contributed by atoms with Gasteiger partial charge >= 0.3 is 5.97 Å². The minimum Gasteiger partial charge on any atom is -0.496 e. The van der Waals surface area contributed by atoms with Crippen molar-refractivity contribution < 1.29 is 19.1 Å². The Morgan fingerprint density at radius 1 is 1.21 bits per heavy atom. The van der Waals surface area contributed by atoms with E-state index in [9.17, 15) is 9.59 Å². The number of ether oxygens (including phenoxy) is 2. The summed E-state index contributed by atoms with van der Waals surface area (Å²) in [5, 5.41) is 0. The van der Waals surface area contributed by atoms with Gasteiger partial charge in [0.1, 0.15) is 12.2 Å². The zero-order valence-corrected chi connectivity index (χ0v) is 11.5. The van der Waals surface area contributed by atoms with Crippen molar-refractivity contribution in [3.05, 3.63) is 29.8 Å². The fourth-order valence-corrected chi connectivity index (χ4v) is 1.65. The van der Waals surface area contributed by atoms with Crippen LogP contribution in [-0.2, 0) is 20.7 Å². The van der Waals surface area contributed by atoms with Gasteiger partial charge in [-0.1, -0.05) is 18.2 Å². The standard InChI is InChI=1S/C14H19NO4/c1-15(13(16)10-14(17)19-3)9-8-11-6-4-5-7-12(11)18-2/h4-7H,8-10H2,1-3H3. The van der Waals surface area contributed by atoms with Crippen LogP contribution in [0.15, 0.2) is 24.3 Å². The highest BCUT2D eigenvalue weighted by Gasteiger charge is 2.14. The molecule has 0 heterocycles. The van der Waals surface area contributed by atoms with Crippen LogP contribution >= 0.6 is 0 Å². The van der Waals surface area contributed by atoms with E-state index in [0.717, 1.165) is 11.3 Å². The fourth-order valence-electron chi connectivity index (χ4n) is 1.65. The second kappa shape index (κ2) is 7.41. The third-order valence-corrected chi connectivity index (χ3v) is 2.86. The van der Waals surface area contributed by atoms with Crippen LogP contribution in [0, 0.1) is 0 Å². The molecule has 0 saturated carbocycles. The topological polar surface area (TPSA) is 55.8 Å². The molecule has 0 aliphatic carbocycles. The molecule has 0 aliphatic heterocycles. The first-order valence-electron chi connectivity index (χ1n) is 6.01. The Bertz CT molecular complexity index is 445. The summed E-state index contributed by atoms with van der Waals surface area (Å²) in [7, 11) is 4.55. The summed E-state index contributed by atoms with van der Waals surface area (Å²) in [5.41, 5.74) is 1.03. The smallest absolute Gasteiger partial charge is 0.315 e. The van der Waals surface area contributed by atoms with Crippen molar-refractivity contribution in [1.82, 2.24) is 4.90 Å². The van der Waals surface area contributed by atoms with Gasteiger partial charge in [-0.3, -0.25) is 9.59 Å². The molecule has 0 atom stereocenters. The molecule has 1 amide bonds. The van der Waals surface area contributed by atoms with Crippen molar-refractivity contribution in [3.8, 4) is 5.75 Å². The largest absolute Gasteiger partial charge is 0.496 e. The highest BCUT2D eigenvalue weighted by molar-refractivity contribution is 5.94. The second-order valence-electron chi connectivity index (χ2n) is 4.13. The highest BCUT2D eigenvalue weighted by atomic mass is 16.5. The normalized spacial score (nSPS) is 9.84. The van der Waals surface area contributed by atoms with E-state index in [1.165, 1.54) is 12.0 Å². The zero-order valence-electron chi connectivity index (χ0n) is 11.5. The lowest BCUT2D eigenvalue weighted by Gasteiger charge is -2.17. The maximum atomic E-state index is 11.7. The van der Waals surface area contributed by atoms with Crippen molar-refractivity contribution in [2.24, 2.45) is 0 Å². The Hall–Kier alpha value is -2.04. The van der Waals surface area contributed by atoms with Gasteiger partial charge in [-0.2, -0.15) is 0 Å². The number of amides is 1. The number of hydrogen-bond acceptors (Lipinski definition) is 4. The van der Waals surface area contributed by atoms with Crippen molar-refractivity contribution in [1.29, 1.82) is 0 Å². The third kappa shape index (κ3) is 4.62. The fraction of sp³-hybridized carbons (Fsp3) is 0.429. The number of carbonyl (C=O) groups is 2. The molecule has 104 valence electrons. The van der Waals surface area contributed by atoms with Gasteiger partial charge in [-0.05, 0) is 18.1 Å². The average molecular weight is 265 g/mol. The zero-order chi connectivity index (χ0) is 14.3. The summed E-state index contributed by atoms with van der Waals surface area (Å²) in [6.45, 7) is 0.524. The molecule has 0 radical (unpaired) electrons. The van der Waals surface area contributed by atoms with E-state index < -0.39 is 5.97 Å². The molecule has 0 aromatic heterocycles. The van der Waals surface area contributed by atoms with Crippen LogP contribution in [0.2, 0.25) is 0 Å². The lowest BCUT2D eigenvalue weighted by atomic mass is 10.1. The lowest BCUT2D eigenvalue weighted by Crippen LogP contribution is -2.30. The molecule has 0 bridgehead atoms. The van der Waals surface area contributed by atoms with E-state index in [1.54, 1.807) is 14.2 Å². The predicted octanol–water partition coefficient (Wildman–Crippen LogP) is 1.26. The molecular formula is C14H19NO4. The Morgan fingerprint density at radius 3 is 2.53 bits per heavy atom. The Balaban J connectivity index is 2.51. The number of para-hydroxylation sites is 1. The average Bonchev–Trinajstić information content (AvgIpc) is 2.44. The highest BCUT2D eigenvalue weighted by Crippen LogP contribution is 2.17. The van der Waals surface area contributed by atoms with E-state index in [-0.39, 0.29) is 12.3 Å². The molecule has 0 saturated heterocycles. The number of rotatable bonds is 6. The first-order chi connectivity index (χ1) is 9.08. The molecule has 0 unspecified atom stereocenters. The van der Waals surface area contributed by atoms with E-state index >= 15 is 0 Å². The number of likely N-dealkylation sites (N-methyl/N-ethyl adjacent to an activating group) is 1. The molecule has 0 aliphatic rings. The van der Waals surface area contributed by atoms with Crippen LogP contribution in [0.3, 0.4) is 0 Å². The van der Waals surface area contributed by atoms with Crippen molar-refractivity contribution in [2.75, 3.05) is 27.8 Å². The number of hydrogen-bond donors (Lipinski definition) is 0. The first kappa shape index (κ1) is 15.0. The second-order valence-corrected chi connectivity index (χ2v) is 4.13. The lowest BCUT2D eigenvalue weighted by molar-refractivity contribution is -0.146. The molecule has 0 fully saturated rings. The van der Waals surface area contributed by atoms with Crippen LogP contribution in [0.25, 0.3) is 0 Å². The van der Waals surface area contributed by atoms with Gasteiger partial charge < -0.3 is 14.4 Å². The molecule has 0 N–H and O–H groups in total. The van der Waals surface area contributed by atoms with Crippen LogP contribution < -0.4 is 4.74 Å². The van der Waals surface area contributed by atoms with E-state index in [0.29, 0.717) is 13.0 Å². The summed E-state index contributed by atoms with van der Waals surface area (Å²) in [4.78, 5) is 24.2. The molecule has 19 heavy (non-hydrogen) atoms. The van der Waals surface area contributed by atoms with Crippen molar-refractivity contribution in [2.45, 2.75) is 12.8 Å². The van der Waals surface area contributed by atoms with Crippen LogP contribution in [0.5, 0.6) is 5.75 Å². The Labute approximate surface area is 113 Å². The van der Waals surface area contributed by atoms with Gasteiger partial charge in [-0.15, -0.1) is 0 Å². The summed E-state index contributed by atoms with van der Waals surface area (Å²) >= 11 is 0. The van der Waals surface area contributed by atoms with E-state index in [1.807, 2.05) is 24.3 Å². The van der Waals surface area contributed by atoms with Crippen LogP contribution in [0.1, 0.15) is 12.0 Å². The molecule has 0 spiro atoms. The third-order valence-electron chi connectivity index (χ3n) is 2.86. The quantitative estimate of drug-likeness (QED) is 0.574. The Morgan fingerprint density at radius 2 is 1.89 bits per heavy atom. The molecule has 1 rings (SSSR count). The van der Waals surface area contributed by atoms with E-state index in [2.05, 4.69) is 4.74 Å². The summed E-state index contributed by atoms with van der Waals surface area (Å²) in [6.07, 6.45) is 0.451. The summed E-state index contributed by atoms with van der Waals surface area (Å²) < 4.78 is 9.71. The van der Waals surface area contributed by atoms with Gasteiger partial charge in [0, 0.05) is 13.6 Å². The van der Waals surface area contributed by atoms with E-state index in [4.69, 9.17) is 4.74 Å². The number of nitrogens with zero attached hydrogens (tertiary/aromatic N) is 1. The maximum Gasteiger partial charge on any atom is 0.315 e. The van der Waals surface area contributed by atoms with Gasteiger partial charge in [0.2, 0.25) is 5.91 Å². The SMILES string of the molecule is COC(=O)CC(=O)N(C)CCc1ccccc1OC. The minimum absolute atomic E-state index is 0.223. The number of methoxy groups -OCH3 is 2. The number of esters is 1. The molecule has 5 heteroatoms. The summed E-state index contributed by atoms with van der Waals surface area (Å²) in [5.74, 6) is 0.0345. The molecule has 1 aromatic rings. The maximum absolute atomic E-state index is 11.7. The van der Waals surface area contributed by atoms with Gasteiger partial charge in [0.25, 0.3) is 0 Å². The summed E-state index contributed by atoms with van der Waals surface area (Å²) in [6, 6.07) is 7.66. The number of benzene rings is 1. The number of carbonyl (C=O) groups excluding carboxylic acids is 2. The van der Waals surface area contributed by atoms with Crippen molar-refractivity contribution in [3.63, 3.8) is 0 Å². The Kier molecular flexibility index (Phi) is 5.85. The molecular weight excluding hydrogens is 246 g/mol. The minimum atomic E-state index is -0.519. The molecule has 1 aromatic carbocycles.